The Balaban J connectivity index is 1.86. The number of hydrogen-bond acceptors (Lipinski definition) is 6. The van der Waals surface area contributed by atoms with Crippen LogP contribution in [-0.4, -0.2) is 20.2 Å². The zero-order valence-corrected chi connectivity index (χ0v) is 14.2. The van der Waals surface area contributed by atoms with Crippen LogP contribution in [0, 0.1) is 6.92 Å². The number of aromatic nitrogens is 3. The lowest BCUT2D eigenvalue weighted by atomic mass is 10.1. The number of nitrogens with one attached hydrogen (secondary N) is 2. The molecule has 0 bridgehead atoms. The van der Waals surface area contributed by atoms with Crippen molar-refractivity contribution < 1.29 is 4.79 Å². The molecule has 0 atom stereocenters. The minimum Gasteiger partial charge on any atom is -0.330 e. The van der Waals surface area contributed by atoms with Crippen LogP contribution in [0.5, 0.6) is 0 Å². The number of aryl methyl sites for hydroxylation is 2. The van der Waals surface area contributed by atoms with Crippen molar-refractivity contribution in [2.24, 2.45) is 0 Å². The van der Waals surface area contributed by atoms with Crippen LogP contribution >= 0.6 is 11.5 Å². The molecule has 0 aliphatic carbocycles. The van der Waals surface area contributed by atoms with Crippen molar-refractivity contribution >= 4 is 33.9 Å². The van der Waals surface area contributed by atoms with Gasteiger partial charge < -0.3 is 10.6 Å². The van der Waals surface area contributed by atoms with Crippen molar-refractivity contribution in [3.05, 3.63) is 59.7 Å². The third-order valence-corrected chi connectivity index (χ3v) is 4.41. The first-order valence-electron chi connectivity index (χ1n) is 7.57. The van der Waals surface area contributed by atoms with E-state index in [9.17, 15) is 4.79 Å². The molecule has 122 valence electrons. The molecule has 0 radical (unpaired) electrons. The molecule has 1 amide bonds. The highest BCUT2D eigenvalue weighted by Gasteiger charge is 2.19. The van der Waals surface area contributed by atoms with E-state index in [1.807, 2.05) is 31.2 Å². The zero-order chi connectivity index (χ0) is 16.9. The molecule has 2 heterocycles. The van der Waals surface area contributed by atoms with E-state index >= 15 is 0 Å². The fourth-order valence-electron chi connectivity index (χ4n) is 2.34. The van der Waals surface area contributed by atoms with E-state index < -0.39 is 0 Å². The van der Waals surface area contributed by atoms with E-state index in [1.54, 1.807) is 12.3 Å². The van der Waals surface area contributed by atoms with Crippen LogP contribution in [0.25, 0.3) is 0 Å². The molecule has 0 aliphatic heterocycles. The van der Waals surface area contributed by atoms with Crippen LogP contribution in [0.2, 0.25) is 0 Å². The Labute approximate surface area is 144 Å². The summed E-state index contributed by atoms with van der Waals surface area (Å²) in [6.07, 6.45) is 3.94. The molecule has 0 unspecified atom stereocenters. The van der Waals surface area contributed by atoms with Gasteiger partial charge >= 0.3 is 0 Å². The Morgan fingerprint density at radius 3 is 2.83 bits per heavy atom. The van der Waals surface area contributed by atoms with Crippen molar-refractivity contribution in [2.45, 2.75) is 20.3 Å². The predicted molar refractivity (Wildman–Crippen MR) is 95.9 cm³/mol. The largest absolute Gasteiger partial charge is 0.330 e. The van der Waals surface area contributed by atoms with Crippen LogP contribution < -0.4 is 10.6 Å². The van der Waals surface area contributed by atoms with Crippen molar-refractivity contribution in [1.29, 1.82) is 0 Å². The zero-order valence-electron chi connectivity index (χ0n) is 13.4. The molecule has 1 aromatic carbocycles. The third kappa shape index (κ3) is 3.41. The molecular weight excluding hydrogens is 322 g/mol. The first-order chi connectivity index (χ1) is 11.7. The average Bonchev–Trinajstić information content (AvgIpc) is 2.96. The van der Waals surface area contributed by atoms with Crippen LogP contribution in [0.1, 0.15) is 28.5 Å². The molecule has 3 aromatic rings. The van der Waals surface area contributed by atoms with Gasteiger partial charge in [-0.15, -0.1) is 0 Å². The second kappa shape index (κ2) is 7.18. The van der Waals surface area contributed by atoms with Gasteiger partial charge in [-0.3, -0.25) is 4.79 Å². The van der Waals surface area contributed by atoms with Crippen molar-refractivity contribution in [1.82, 2.24) is 14.3 Å². The predicted octanol–water partition coefficient (Wildman–Crippen LogP) is 3.80. The summed E-state index contributed by atoms with van der Waals surface area (Å²) in [5, 5.41) is 6.78. The molecule has 7 heteroatoms. The lowest BCUT2D eigenvalue weighted by molar-refractivity contribution is 0.102. The van der Waals surface area contributed by atoms with E-state index in [4.69, 9.17) is 0 Å². The van der Waals surface area contributed by atoms with Crippen LogP contribution in [0.4, 0.5) is 16.5 Å². The average molecular weight is 339 g/mol. The maximum Gasteiger partial charge on any atom is 0.260 e. The number of anilines is 3. The van der Waals surface area contributed by atoms with Gasteiger partial charge in [0.25, 0.3) is 5.91 Å². The summed E-state index contributed by atoms with van der Waals surface area (Å²) in [6.45, 7) is 3.88. The molecule has 2 aromatic heterocycles. The molecule has 24 heavy (non-hydrogen) atoms. The lowest BCUT2D eigenvalue weighted by Gasteiger charge is -2.11. The number of amides is 1. The number of nitrogens with zero attached hydrogens (tertiary/aromatic N) is 3. The highest BCUT2D eigenvalue weighted by Crippen LogP contribution is 2.28. The standard InChI is InChI=1S/C17H17N5OS/c1-3-12-6-4-5-7-13(12)20-16(23)15-11(2)22-24-17(15)21-14-8-9-18-10-19-14/h4-10H,3H2,1-2H3,(H,20,23)(H,18,19,21). The molecule has 0 saturated carbocycles. The topological polar surface area (TPSA) is 79.8 Å². The number of benzene rings is 1. The Hall–Kier alpha value is -2.80. The van der Waals surface area contributed by atoms with Gasteiger partial charge in [0.2, 0.25) is 0 Å². The number of carbonyl (C=O) groups excluding carboxylic acids is 1. The quantitative estimate of drug-likeness (QED) is 0.739. The fourth-order valence-corrected chi connectivity index (χ4v) is 3.14. The summed E-state index contributed by atoms with van der Waals surface area (Å²) in [7, 11) is 0. The van der Waals surface area contributed by atoms with Crippen LogP contribution in [0.15, 0.2) is 42.9 Å². The Kier molecular flexibility index (Phi) is 4.81. The second-order valence-corrected chi connectivity index (χ2v) is 5.93. The highest BCUT2D eigenvalue weighted by molar-refractivity contribution is 7.10. The summed E-state index contributed by atoms with van der Waals surface area (Å²) in [5.74, 6) is 0.440. The van der Waals surface area contributed by atoms with E-state index in [-0.39, 0.29) is 5.91 Å². The van der Waals surface area contributed by atoms with E-state index in [0.29, 0.717) is 22.1 Å². The van der Waals surface area contributed by atoms with Gasteiger partial charge in [0.15, 0.2) is 0 Å². The number of rotatable bonds is 5. The van der Waals surface area contributed by atoms with Crippen LogP contribution in [0.3, 0.4) is 0 Å². The molecule has 0 aliphatic rings. The Bertz CT molecular complexity index is 847. The Morgan fingerprint density at radius 1 is 1.25 bits per heavy atom. The first-order valence-corrected chi connectivity index (χ1v) is 8.35. The molecule has 0 saturated heterocycles. The second-order valence-electron chi connectivity index (χ2n) is 5.16. The molecule has 3 rings (SSSR count). The maximum atomic E-state index is 12.8. The van der Waals surface area contributed by atoms with Crippen molar-refractivity contribution in [3.8, 4) is 0 Å². The molecule has 2 N–H and O–H groups in total. The maximum absolute atomic E-state index is 12.8. The van der Waals surface area contributed by atoms with Crippen molar-refractivity contribution in [2.75, 3.05) is 10.6 Å². The lowest BCUT2D eigenvalue weighted by Crippen LogP contribution is -2.15. The van der Waals surface area contributed by atoms with E-state index in [0.717, 1.165) is 17.7 Å². The molecule has 0 fully saturated rings. The van der Waals surface area contributed by atoms with Crippen molar-refractivity contribution in [3.63, 3.8) is 0 Å². The van der Waals surface area contributed by atoms with Gasteiger partial charge in [0.05, 0.1) is 11.3 Å². The summed E-state index contributed by atoms with van der Waals surface area (Å²) in [6, 6.07) is 9.53. The van der Waals surface area contributed by atoms with E-state index in [2.05, 4.69) is 31.9 Å². The summed E-state index contributed by atoms with van der Waals surface area (Å²) >= 11 is 1.24. The number of carbonyl (C=O) groups is 1. The summed E-state index contributed by atoms with van der Waals surface area (Å²) in [5.41, 5.74) is 3.13. The monoisotopic (exact) mass is 339 g/mol. The first kappa shape index (κ1) is 16.1. The fraction of sp³-hybridized carbons (Fsp3) is 0.176. The van der Waals surface area contributed by atoms with Gasteiger partial charge in [-0.2, -0.15) is 4.37 Å². The number of hydrogen-bond donors (Lipinski definition) is 2. The van der Waals surface area contributed by atoms with Gasteiger partial charge in [-0.05, 0) is 42.6 Å². The molecule has 0 spiro atoms. The van der Waals surface area contributed by atoms with Gasteiger partial charge in [-0.25, -0.2) is 9.97 Å². The van der Waals surface area contributed by atoms with E-state index in [1.165, 1.54) is 17.9 Å². The van der Waals surface area contributed by atoms with Gasteiger partial charge in [-0.1, -0.05) is 25.1 Å². The SMILES string of the molecule is CCc1ccccc1NC(=O)c1c(C)nsc1Nc1ccncn1. The molecular formula is C17H17N5OS. The minimum atomic E-state index is -0.182. The van der Waals surface area contributed by atoms with Gasteiger partial charge in [0, 0.05) is 11.9 Å². The number of para-hydroxylation sites is 1. The molecule has 6 nitrogen and oxygen atoms in total. The Morgan fingerprint density at radius 2 is 2.08 bits per heavy atom. The summed E-state index contributed by atoms with van der Waals surface area (Å²) < 4.78 is 4.29. The van der Waals surface area contributed by atoms with Gasteiger partial charge in [0.1, 0.15) is 17.1 Å². The summed E-state index contributed by atoms with van der Waals surface area (Å²) in [4.78, 5) is 20.8. The van der Waals surface area contributed by atoms with Crippen LogP contribution in [-0.2, 0) is 6.42 Å². The smallest absolute Gasteiger partial charge is 0.260 e. The highest BCUT2D eigenvalue weighted by atomic mass is 32.1. The third-order valence-electron chi connectivity index (χ3n) is 3.56. The minimum absolute atomic E-state index is 0.182. The normalized spacial score (nSPS) is 10.4.